The maximum Gasteiger partial charge on any atom is 0.416 e. The van der Waals surface area contributed by atoms with Crippen LogP contribution in [-0.4, -0.2) is 19.1 Å². The Kier molecular flexibility index (Phi) is 9.47. The molecule has 0 amide bonds. The lowest BCUT2D eigenvalue weighted by molar-refractivity contribution is -0.138. The number of benzene rings is 8. The molecular weight excluding hydrogens is 843 g/mol. The molecule has 10 heteroatoms. The molecule has 0 aliphatic carbocycles. The second-order valence-electron chi connectivity index (χ2n) is 16.6. The normalized spacial score (nSPS) is 12.2. The van der Waals surface area contributed by atoms with E-state index in [-0.39, 0.29) is 10.8 Å². The molecule has 3 aromatic heterocycles. The number of hydrogen-bond acceptors (Lipinski definition) is 2. The molecule has 0 saturated heterocycles. The number of rotatable bonds is 6. The maximum atomic E-state index is 14.2. The number of fused-ring (bicyclic) bond motifs is 6. The topological polar surface area (TPSA) is 35.6 Å². The summed E-state index contributed by atoms with van der Waals surface area (Å²) < 4.78 is 89.3. The smallest absolute Gasteiger partial charge is 0.309 e. The van der Waals surface area contributed by atoms with Gasteiger partial charge in [0.1, 0.15) is 0 Å². The standard InChI is InChI=1S/C56H36F6N4/c1-33-17-23-49-42(27-33)43-28-34(2)18-24-50(43)66(49)53-29-37(54-63-46(35-11-5-3-6-12-35)32-47(64-54)36-13-7-4-8-14-36)19-22-41(53)40-15-9-10-16-48(40)65-51-25-20-38(55(57,58)59)30-44(51)45-31-39(56(60,61)62)21-26-52(45)65/h3-32H,1-2H3. The quantitative estimate of drug-likeness (QED) is 0.156. The van der Waals surface area contributed by atoms with Crippen molar-refractivity contribution in [2.24, 2.45) is 0 Å². The molecule has 0 fully saturated rings. The maximum absolute atomic E-state index is 14.2. The molecule has 322 valence electrons. The van der Waals surface area contributed by atoms with Gasteiger partial charge in [0.05, 0.1) is 56.0 Å². The highest BCUT2D eigenvalue weighted by atomic mass is 19.4. The molecule has 66 heavy (non-hydrogen) atoms. The van der Waals surface area contributed by atoms with Crippen molar-refractivity contribution in [3.8, 4) is 56.4 Å². The molecule has 3 heterocycles. The van der Waals surface area contributed by atoms with Crippen LogP contribution in [0.5, 0.6) is 0 Å². The highest BCUT2D eigenvalue weighted by molar-refractivity contribution is 6.12. The fourth-order valence-electron chi connectivity index (χ4n) is 9.22. The number of hydrogen-bond donors (Lipinski definition) is 0. The summed E-state index contributed by atoms with van der Waals surface area (Å²) in [5, 5.41) is 2.20. The van der Waals surface area contributed by atoms with Crippen molar-refractivity contribution in [1.29, 1.82) is 0 Å². The lowest BCUT2D eigenvalue weighted by Crippen LogP contribution is -2.05. The summed E-state index contributed by atoms with van der Waals surface area (Å²) in [5.41, 5.74) is 9.64. The van der Waals surface area contributed by atoms with Gasteiger partial charge in [0.25, 0.3) is 0 Å². The molecule has 8 aromatic carbocycles. The van der Waals surface area contributed by atoms with E-state index in [2.05, 4.69) is 60.9 Å². The Balaban J connectivity index is 1.22. The fraction of sp³-hybridized carbons (Fsp3) is 0.0714. The van der Waals surface area contributed by atoms with Gasteiger partial charge in [-0.05, 0) is 92.7 Å². The minimum atomic E-state index is -4.72. The van der Waals surface area contributed by atoms with Gasteiger partial charge in [0.15, 0.2) is 5.82 Å². The third-order valence-corrected chi connectivity index (χ3v) is 12.3. The van der Waals surface area contributed by atoms with Crippen LogP contribution in [0.25, 0.3) is 100 Å². The Labute approximate surface area is 374 Å². The zero-order valence-corrected chi connectivity index (χ0v) is 35.4. The third kappa shape index (κ3) is 6.97. The number of para-hydroxylation sites is 1. The van der Waals surface area contributed by atoms with Crippen LogP contribution in [0.15, 0.2) is 182 Å². The number of halogens is 6. The summed E-state index contributed by atoms with van der Waals surface area (Å²) in [6, 6.07) is 54.5. The molecule has 0 spiro atoms. The molecule has 11 aromatic rings. The van der Waals surface area contributed by atoms with Crippen LogP contribution in [0.1, 0.15) is 22.3 Å². The second-order valence-corrected chi connectivity index (χ2v) is 16.6. The van der Waals surface area contributed by atoms with E-state index >= 15 is 0 Å². The van der Waals surface area contributed by atoms with Gasteiger partial charge in [-0.3, -0.25) is 0 Å². The van der Waals surface area contributed by atoms with E-state index in [9.17, 15) is 26.3 Å². The van der Waals surface area contributed by atoms with Gasteiger partial charge < -0.3 is 9.13 Å². The minimum absolute atomic E-state index is 0.0501. The van der Waals surface area contributed by atoms with Crippen molar-refractivity contribution in [1.82, 2.24) is 19.1 Å². The Morgan fingerprint density at radius 3 is 1.29 bits per heavy atom. The molecule has 0 N–H and O–H groups in total. The first kappa shape index (κ1) is 40.8. The summed E-state index contributed by atoms with van der Waals surface area (Å²) in [7, 11) is 0. The van der Waals surface area contributed by atoms with E-state index in [0.29, 0.717) is 28.1 Å². The van der Waals surface area contributed by atoms with Crippen molar-refractivity contribution < 1.29 is 26.3 Å². The first-order valence-electron chi connectivity index (χ1n) is 21.3. The molecule has 0 atom stereocenters. The summed E-state index contributed by atoms with van der Waals surface area (Å²) >= 11 is 0. The van der Waals surface area contributed by atoms with Crippen LogP contribution in [0.4, 0.5) is 26.3 Å². The Morgan fingerprint density at radius 2 is 0.788 bits per heavy atom. The second kappa shape index (κ2) is 15.3. The number of aromatic nitrogens is 4. The van der Waals surface area contributed by atoms with E-state index in [1.165, 1.54) is 12.1 Å². The lowest BCUT2D eigenvalue weighted by atomic mass is 9.98. The van der Waals surface area contributed by atoms with Gasteiger partial charge in [0, 0.05) is 49.4 Å². The largest absolute Gasteiger partial charge is 0.416 e. The molecular formula is C56H36F6N4. The van der Waals surface area contributed by atoms with Crippen LogP contribution in [0.2, 0.25) is 0 Å². The van der Waals surface area contributed by atoms with Crippen LogP contribution >= 0.6 is 0 Å². The SMILES string of the molecule is Cc1ccc2c(c1)c1cc(C)ccc1n2-c1cc(-c2nc(-c3ccccc3)cc(-c3ccccc3)n2)ccc1-c1ccccc1-n1c2ccc(C(F)(F)F)cc2c2cc(C(F)(F)F)ccc21. The van der Waals surface area contributed by atoms with E-state index in [1.54, 1.807) is 4.57 Å². The fourth-order valence-corrected chi connectivity index (χ4v) is 9.22. The summed E-state index contributed by atoms with van der Waals surface area (Å²) in [5.74, 6) is 0.493. The average molecular weight is 879 g/mol. The molecule has 0 saturated carbocycles. The minimum Gasteiger partial charge on any atom is -0.309 e. The zero-order chi connectivity index (χ0) is 45.5. The molecule has 0 bridgehead atoms. The lowest BCUT2D eigenvalue weighted by Gasteiger charge is -2.20. The number of aryl methyl sites for hydroxylation is 2. The van der Waals surface area contributed by atoms with E-state index in [0.717, 1.165) is 96.5 Å². The van der Waals surface area contributed by atoms with E-state index in [4.69, 9.17) is 9.97 Å². The molecule has 0 radical (unpaired) electrons. The summed E-state index contributed by atoms with van der Waals surface area (Å²) in [6.45, 7) is 4.12. The Morgan fingerprint density at radius 1 is 0.364 bits per heavy atom. The van der Waals surface area contributed by atoms with E-state index in [1.807, 2.05) is 103 Å². The molecule has 0 aliphatic rings. The Hall–Kier alpha value is -7.98. The van der Waals surface area contributed by atoms with Gasteiger partial charge in [-0.15, -0.1) is 0 Å². The Bertz CT molecular complexity index is 3510. The number of alkyl halides is 6. The van der Waals surface area contributed by atoms with Gasteiger partial charge >= 0.3 is 12.4 Å². The highest BCUT2D eigenvalue weighted by Gasteiger charge is 2.34. The predicted molar refractivity (Wildman–Crippen MR) is 252 cm³/mol. The first-order valence-corrected chi connectivity index (χ1v) is 21.3. The molecule has 11 rings (SSSR count). The van der Waals surface area contributed by atoms with Gasteiger partial charge in [0.2, 0.25) is 0 Å². The van der Waals surface area contributed by atoms with Crippen molar-refractivity contribution >= 4 is 43.6 Å². The van der Waals surface area contributed by atoms with Gasteiger partial charge in [-0.2, -0.15) is 26.3 Å². The van der Waals surface area contributed by atoms with Crippen molar-refractivity contribution in [2.75, 3.05) is 0 Å². The molecule has 0 aliphatic heterocycles. The highest BCUT2D eigenvalue weighted by Crippen LogP contribution is 2.44. The van der Waals surface area contributed by atoms with Gasteiger partial charge in [-0.1, -0.05) is 114 Å². The van der Waals surface area contributed by atoms with Crippen LogP contribution in [0, 0.1) is 13.8 Å². The third-order valence-electron chi connectivity index (χ3n) is 12.3. The van der Waals surface area contributed by atoms with Crippen molar-refractivity contribution in [3.63, 3.8) is 0 Å². The molecule has 0 unspecified atom stereocenters. The number of nitrogens with zero attached hydrogens (tertiary/aromatic N) is 4. The predicted octanol–water partition coefficient (Wildman–Crippen LogP) is 16.0. The van der Waals surface area contributed by atoms with Crippen LogP contribution in [-0.2, 0) is 12.4 Å². The summed E-state index contributed by atoms with van der Waals surface area (Å²) in [6.07, 6.45) is -9.44. The van der Waals surface area contributed by atoms with E-state index < -0.39 is 23.5 Å². The van der Waals surface area contributed by atoms with Crippen molar-refractivity contribution in [2.45, 2.75) is 26.2 Å². The first-order chi connectivity index (χ1) is 31.8. The van der Waals surface area contributed by atoms with Crippen molar-refractivity contribution in [3.05, 3.63) is 204 Å². The zero-order valence-electron chi connectivity index (χ0n) is 35.4. The van der Waals surface area contributed by atoms with Crippen LogP contribution in [0.3, 0.4) is 0 Å². The van der Waals surface area contributed by atoms with Crippen LogP contribution < -0.4 is 0 Å². The van der Waals surface area contributed by atoms with Gasteiger partial charge in [-0.25, -0.2) is 9.97 Å². The summed E-state index contributed by atoms with van der Waals surface area (Å²) in [4.78, 5) is 10.3. The molecule has 4 nitrogen and oxygen atoms in total. The average Bonchev–Trinajstić information content (AvgIpc) is 3.82. The monoisotopic (exact) mass is 878 g/mol.